The van der Waals surface area contributed by atoms with Crippen LogP contribution in [0.2, 0.25) is 0 Å². The van der Waals surface area contributed by atoms with Crippen LogP contribution in [0.3, 0.4) is 0 Å². The molecule has 0 aliphatic carbocycles. The van der Waals surface area contributed by atoms with E-state index >= 15 is 0 Å². The zero-order chi connectivity index (χ0) is 24.4. The lowest BCUT2D eigenvalue weighted by Gasteiger charge is -2.31. The van der Waals surface area contributed by atoms with Gasteiger partial charge in [0.25, 0.3) is 11.8 Å². The molecule has 1 atom stereocenters. The fraction of sp³-hybridized carbons (Fsp3) is 0.421. The summed E-state index contributed by atoms with van der Waals surface area (Å²) in [6.07, 6.45) is -2.98. The highest BCUT2D eigenvalue weighted by molar-refractivity contribution is 7.88. The van der Waals surface area contributed by atoms with Gasteiger partial charge in [-0.25, -0.2) is 17.1 Å². The van der Waals surface area contributed by atoms with Gasteiger partial charge in [0.05, 0.1) is 13.4 Å². The molecule has 2 heterocycles. The average molecular weight is 492 g/mol. The maximum absolute atomic E-state index is 13.4. The van der Waals surface area contributed by atoms with Gasteiger partial charge in [0.15, 0.2) is 17.2 Å². The van der Waals surface area contributed by atoms with Crippen LogP contribution >= 0.6 is 0 Å². The van der Waals surface area contributed by atoms with Crippen molar-refractivity contribution in [3.63, 3.8) is 0 Å². The molecule has 33 heavy (non-hydrogen) atoms. The molecule has 3 rings (SSSR count). The van der Waals surface area contributed by atoms with E-state index in [-0.39, 0.29) is 24.6 Å². The second kappa shape index (κ2) is 9.47. The Morgan fingerprint density at radius 1 is 1.21 bits per heavy atom. The zero-order valence-electron chi connectivity index (χ0n) is 17.5. The number of nitrogens with one attached hydrogen (secondary N) is 1. The second-order valence-corrected chi connectivity index (χ2v) is 9.26. The first-order valence-electron chi connectivity index (χ1n) is 9.61. The summed E-state index contributed by atoms with van der Waals surface area (Å²) in [5.74, 6) is -2.38. The molecule has 0 radical (unpaired) electrons. The summed E-state index contributed by atoms with van der Waals surface area (Å²) in [6.45, 7) is 0.246. The van der Waals surface area contributed by atoms with Gasteiger partial charge in [-0.3, -0.25) is 4.79 Å². The van der Waals surface area contributed by atoms with Gasteiger partial charge in [0.1, 0.15) is 11.4 Å². The first-order chi connectivity index (χ1) is 15.4. The molecule has 9 nitrogen and oxygen atoms in total. The molecular formula is C19H20F4N4O5S. The molecule has 1 saturated heterocycles. The van der Waals surface area contributed by atoms with E-state index in [1.165, 1.54) is 11.4 Å². The predicted molar refractivity (Wildman–Crippen MR) is 107 cm³/mol. The van der Waals surface area contributed by atoms with Crippen molar-refractivity contribution in [1.82, 2.24) is 19.8 Å². The molecule has 0 saturated carbocycles. The number of nitrogens with zero attached hydrogens (tertiary/aromatic N) is 3. The van der Waals surface area contributed by atoms with Gasteiger partial charge in [-0.2, -0.15) is 13.2 Å². The Morgan fingerprint density at radius 3 is 2.58 bits per heavy atom. The van der Waals surface area contributed by atoms with Crippen LogP contribution < -0.4 is 14.8 Å². The van der Waals surface area contributed by atoms with Crippen molar-refractivity contribution < 1.29 is 40.2 Å². The minimum atomic E-state index is -4.88. The molecule has 0 bridgehead atoms. The highest BCUT2D eigenvalue weighted by Crippen LogP contribution is 2.34. The van der Waals surface area contributed by atoms with Crippen molar-refractivity contribution >= 4 is 15.9 Å². The number of methoxy groups -OCH3 is 1. The molecule has 1 aliphatic rings. The lowest BCUT2D eigenvalue weighted by Crippen LogP contribution is -2.49. The highest BCUT2D eigenvalue weighted by Gasteiger charge is 2.36. The maximum atomic E-state index is 13.4. The Kier molecular flexibility index (Phi) is 7.07. The molecule has 2 aromatic rings. The summed E-state index contributed by atoms with van der Waals surface area (Å²) in [5, 5.41) is 9.00. The third-order valence-electron chi connectivity index (χ3n) is 4.82. The van der Waals surface area contributed by atoms with Gasteiger partial charge < -0.3 is 14.8 Å². The van der Waals surface area contributed by atoms with Crippen molar-refractivity contribution in [2.24, 2.45) is 0 Å². The lowest BCUT2D eigenvalue weighted by molar-refractivity contribution is -0.141. The van der Waals surface area contributed by atoms with Crippen LogP contribution in [-0.4, -0.2) is 61.3 Å². The SMILES string of the molecule is COc1cc(F)ccc1Oc1nnc(C(F)(F)F)cc1C(=O)N[C@H]1CCCN(S(C)(=O)=O)C1. The smallest absolute Gasteiger partial charge is 0.435 e. The van der Waals surface area contributed by atoms with Crippen molar-refractivity contribution in [3.8, 4) is 17.4 Å². The molecule has 1 aromatic heterocycles. The third kappa shape index (κ3) is 6.07. The van der Waals surface area contributed by atoms with Crippen LogP contribution in [0.1, 0.15) is 28.9 Å². The molecule has 1 amide bonds. The fourth-order valence-corrected chi connectivity index (χ4v) is 4.12. The normalized spacial score (nSPS) is 17.5. The maximum Gasteiger partial charge on any atom is 0.435 e. The number of rotatable bonds is 6. The Labute approximate surface area is 186 Å². The first-order valence-corrected chi connectivity index (χ1v) is 11.5. The number of aromatic nitrogens is 2. The van der Waals surface area contributed by atoms with E-state index in [0.29, 0.717) is 18.9 Å². The number of halogens is 4. The van der Waals surface area contributed by atoms with Crippen molar-refractivity contribution in [2.75, 3.05) is 26.5 Å². The largest absolute Gasteiger partial charge is 0.493 e. The topological polar surface area (TPSA) is 111 Å². The molecular weight excluding hydrogens is 472 g/mol. The number of carbonyl (C=O) groups excluding carboxylic acids is 1. The van der Waals surface area contributed by atoms with Crippen LogP contribution in [0.15, 0.2) is 24.3 Å². The van der Waals surface area contributed by atoms with E-state index in [1.807, 2.05) is 0 Å². The van der Waals surface area contributed by atoms with Gasteiger partial charge in [-0.15, -0.1) is 10.2 Å². The van der Waals surface area contributed by atoms with E-state index in [0.717, 1.165) is 24.5 Å². The summed E-state index contributed by atoms with van der Waals surface area (Å²) >= 11 is 0. The first kappa shape index (κ1) is 24.6. The lowest BCUT2D eigenvalue weighted by atomic mass is 10.1. The van der Waals surface area contributed by atoms with Gasteiger partial charge >= 0.3 is 6.18 Å². The Balaban J connectivity index is 1.92. The van der Waals surface area contributed by atoms with Crippen LogP contribution in [-0.2, 0) is 16.2 Å². The second-order valence-electron chi connectivity index (χ2n) is 7.28. The minimum absolute atomic E-state index is 0.0306. The number of benzene rings is 1. The summed E-state index contributed by atoms with van der Waals surface area (Å²) in [6, 6.07) is 2.99. The summed E-state index contributed by atoms with van der Waals surface area (Å²) in [7, 11) is -2.28. The number of alkyl halides is 3. The number of hydrogen-bond donors (Lipinski definition) is 1. The fourth-order valence-electron chi connectivity index (χ4n) is 3.21. The van der Waals surface area contributed by atoms with Crippen LogP contribution in [0.5, 0.6) is 17.4 Å². The molecule has 1 aliphatic heterocycles. The highest BCUT2D eigenvalue weighted by atomic mass is 32.2. The molecule has 180 valence electrons. The summed E-state index contributed by atoms with van der Waals surface area (Å²) in [4.78, 5) is 12.9. The number of hydrogen-bond acceptors (Lipinski definition) is 7. The van der Waals surface area contributed by atoms with Crippen LogP contribution in [0.25, 0.3) is 0 Å². The number of sulfonamides is 1. The predicted octanol–water partition coefficient (Wildman–Crippen LogP) is 2.59. The number of amides is 1. The van der Waals surface area contributed by atoms with E-state index in [9.17, 15) is 30.8 Å². The molecule has 0 spiro atoms. The van der Waals surface area contributed by atoms with E-state index in [4.69, 9.17) is 9.47 Å². The minimum Gasteiger partial charge on any atom is -0.493 e. The zero-order valence-corrected chi connectivity index (χ0v) is 18.3. The molecule has 1 N–H and O–H groups in total. The van der Waals surface area contributed by atoms with Crippen molar-refractivity contribution in [2.45, 2.75) is 25.1 Å². The van der Waals surface area contributed by atoms with E-state index in [1.54, 1.807) is 0 Å². The monoisotopic (exact) mass is 492 g/mol. The Bertz CT molecular complexity index is 1140. The van der Waals surface area contributed by atoms with Crippen LogP contribution in [0.4, 0.5) is 17.6 Å². The van der Waals surface area contributed by atoms with Gasteiger partial charge in [0, 0.05) is 25.2 Å². The van der Waals surface area contributed by atoms with Gasteiger partial charge in [0.2, 0.25) is 10.0 Å². The average Bonchev–Trinajstić information content (AvgIpc) is 2.74. The quantitative estimate of drug-likeness (QED) is 0.617. The van der Waals surface area contributed by atoms with Crippen molar-refractivity contribution in [1.29, 1.82) is 0 Å². The number of piperidine rings is 1. The van der Waals surface area contributed by atoms with Gasteiger partial charge in [-0.1, -0.05) is 0 Å². The summed E-state index contributed by atoms with van der Waals surface area (Å²) in [5.41, 5.74) is -2.01. The molecule has 0 unspecified atom stereocenters. The number of ether oxygens (including phenoxy) is 2. The number of carbonyl (C=O) groups is 1. The third-order valence-corrected chi connectivity index (χ3v) is 6.09. The Morgan fingerprint density at radius 2 is 1.94 bits per heavy atom. The van der Waals surface area contributed by atoms with Crippen LogP contribution in [0, 0.1) is 5.82 Å². The van der Waals surface area contributed by atoms with E-state index < -0.39 is 51.1 Å². The van der Waals surface area contributed by atoms with Gasteiger partial charge in [-0.05, 0) is 31.0 Å². The summed E-state index contributed by atoms with van der Waals surface area (Å²) < 4.78 is 88.2. The standard InChI is InChI=1S/C19H20F4N4O5S/c1-31-15-8-11(20)5-6-14(15)32-18-13(9-16(25-26-18)19(21,22)23)17(28)24-12-4-3-7-27(10-12)33(2,29)30/h5-6,8-9,12H,3-4,7,10H2,1-2H3,(H,24,28)/t12-/m0/s1. The van der Waals surface area contributed by atoms with Crippen molar-refractivity contribution in [3.05, 3.63) is 41.3 Å². The van der Waals surface area contributed by atoms with E-state index in [2.05, 4.69) is 15.5 Å². The Hall–Kier alpha value is -3.00. The molecule has 1 aromatic carbocycles. The molecule has 1 fully saturated rings. The molecule has 14 heteroatoms.